The number of benzene rings is 1. The van der Waals surface area contributed by atoms with Crippen LogP contribution in [0.1, 0.15) is 49.3 Å². The molecule has 8 nitrogen and oxygen atoms in total. The van der Waals surface area contributed by atoms with E-state index in [1.807, 2.05) is 0 Å². The summed E-state index contributed by atoms with van der Waals surface area (Å²) in [6, 6.07) is 4.73. The van der Waals surface area contributed by atoms with E-state index in [2.05, 4.69) is 10.6 Å². The largest absolute Gasteiger partial charge is 0.444 e. The number of carbonyl (C=O) groups is 4. The van der Waals surface area contributed by atoms with E-state index in [4.69, 9.17) is 10.2 Å². The third-order valence-electron chi connectivity index (χ3n) is 3.90. The summed E-state index contributed by atoms with van der Waals surface area (Å²) in [7, 11) is 0. The molecule has 0 aliphatic carbocycles. The number of hydrogen-bond acceptors (Lipinski definition) is 5. The molecule has 1 aliphatic rings. The Morgan fingerprint density at radius 2 is 1.96 bits per heavy atom. The van der Waals surface area contributed by atoms with Gasteiger partial charge >= 0.3 is 0 Å². The van der Waals surface area contributed by atoms with Crippen molar-refractivity contribution in [1.29, 1.82) is 0 Å². The first-order valence-electron chi connectivity index (χ1n) is 7.46. The number of rotatable bonds is 4. The van der Waals surface area contributed by atoms with Gasteiger partial charge in [-0.3, -0.25) is 24.5 Å². The Balaban J connectivity index is 1.93. The predicted octanol–water partition coefficient (Wildman–Crippen LogP) is 1.64. The summed E-state index contributed by atoms with van der Waals surface area (Å²) < 4.78 is 5.35. The minimum atomic E-state index is -0.874. The summed E-state index contributed by atoms with van der Waals surface area (Å²) in [4.78, 5) is 47.2. The molecule has 0 saturated carbocycles. The summed E-state index contributed by atoms with van der Waals surface area (Å²) >= 11 is 0. The van der Waals surface area contributed by atoms with E-state index in [9.17, 15) is 19.2 Å². The van der Waals surface area contributed by atoms with Crippen LogP contribution in [0.3, 0.4) is 0 Å². The van der Waals surface area contributed by atoms with Crippen molar-refractivity contribution in [3.63, 3.8) is 0 Å². The molecule has 3 rings (SSSR count). The number of fused-ring (bicyclic) bond motifs is 1. The second-order valence-electron chi connectivity index (χ2n) is 5.71. The number of primary amides is 1. The van der Waals surface area contributed by atoms with Gasteiger partial charge < -0.3 is 15.5 Å². The molecule has 1 aromatic carbocycles. The maximum atomic E-state index is 12.4. The number of carbonyl (C=O) groups excluding carboxylic acids is 4. The van der Waals surface area contributed by atoms with Gasteiger partial charge in [0.15, 0.2) is 5.78 Å². The highest BCUT2D eigenvalue weighted by molar-refractivity contribution is 6.14. The molecule has 8 heteroatoms. The average Bonchev–Trinajstić information content (AvgIpc) is 3.04. The average molecular weight is 341 g/mol. The van der Waals surface area contributed by atoms with Gasteiger partial charge in [-0.2, -0.15) is 0 Å². The molecule has 0 bridgehead atoms. The van der Waals surface area contributed by atoms with Gasteiger partial charge in [-0.25, -0.2) is 0 Å². The van der Waals surface area contributed by atoms with E-state index in [1.54, 1.807) is 12.1 Å². The van der Waals surface area contributed by atoms with E-state index < -0.39 is 17.6 Å². The Bertz CT molecular complexity index is 942. The number of furan rings is 1. The molecule has 0 atom stereocenters. The SMILES string of the molecule is CC(=O)c1c(C)oc(NC(=O)c2ccc3c(c2)CC(=O)N3)c1C(N)=O. The Morgan fingerprint density at radius 3 is 2.60 bits per heavy atom. The minimum absolute atomic E-state index is 0.0477. The van der Waals surface area contributed by atoms with Gasteiger partial charge in [0.1, 0.15) is 11.3 Å². The van der Waals surface area contributed by atoms with E-state index in [1.165, 1.54) is 19.9 Å². The molecule has 2 aromatic rings. The van der Waals surface area contributed by atoms with Crippen molar-refractivity contribution in [1.82, 2.24) is 0 Å². The quantitative estimate of drug-likeness (QED) is 0.727. The molecule has 3 amide bonds. The molecule has 25 heavy (non-hydrogen) atoms. The molecule has 0 saturated heterocycles. The fraction of sp³-hybridized carbons (Fsp3) is 0.176. The van der Waals surface area contributed by atoms with Crippen LogP contribution in [-0.2, 0) is 11.2 Å². The van der Waals surface area contributed by atoms with E-state index in [-0.39, 0.29) is 40.7 Å². The molecule has 0 spiro atoms. The summed E-state index contributed by atoms with van der Waals surface area (Å²) in [5, 5.41) is 5.14. The molecule has 128 valence electrons. The Labute approximate surface area is 142 Å². The van der Waals surface area contributed by atoms with Gasteiger partial charge in [0.2, 0.25) is 11.8 Å². The van der Waals surface area contributed by atoms with Gasteiger partial charge in [0.25, 0.3) is 11.8 Å². The van der Waals surface area contributed by atoms with E-state index >= 15 is 0 Å². The topological polar surface area (TPSA) is 132 Å². The first-order chi connectivity index (χ1) is 11.8. The van der Waals surface area contributed by atoms with Crippen LogP contribution in [0.15, 0.2) is 22.6 Å². The lowest BCUT2D eigenvalue weighted by Gasteiger charge is -2.06. The van der Waals surface area contributed by atoms with Crippen LogP contribution in [0.25, 0.3) is 0 Å². The van der Waals surface area contributed by atoms with Crippen molar-refractivity contribution in [2.24, 2.45) is 5.73 Å². The zero-order chi connectivity index (χ0) is 18.3. The molecule has 0 radical (unpaired) electrons. The van der Waals surface area contributed by atoms with Gasteiger partial charge in [0.05, 0.1) is 12.0 Å². The molecule has 1 aromatic heterocycles. The molecular weight excluding hydrogens is 326 g/mol. The number of anilines is 2. The molecule has 1 aliphatic heterocycles. The maximum absolute atomic E-state index is 12.4. The van der Waals surface area contributed by atoms with Crippen LogP contribution in [0.5, 0.6) is 0 Å². The molecule has 2 heterocycles. The van der Waals surface area contributed by atoms with Crippen molar-refractivity contribution < 1.29 is 23.6 Å². The van der Waals surface area contributed by atoms with Crippen molar-refractivity contribution >= 4 is 35.1 Å². The van der Waals surface area contributed by atoms with Gasteiger partial charge in [-0.15, -0.1) is 0 Å². The fourth-order valence-electron chi connectivity index (χ4n) is 2.84. The lowest BCUT2D eigenvalue weighted by molar-refractivity contribution is -0.115. The lowest BCUT2D eigenvalue weighted by Crippen LogP contribution is -2.19. The van der Waals surface area contributed by atoms with Crippen LogP contribution < -0.4 is 16.4 Å². The van der Waals surface area contributed by atoms with Crippen molar-refractivity contribution in [3.8, 4) is 0 Å². The maximum Gasteiger partial charge on any atom is 0.258 e. The number of hydrogen-bond donors (Lipinski definition) is 3. The molecule has 0 unspecified atom stereocenters. The number of nitrogens with one attached hydrogen (secondary N) is 2. The Kier molecular flexibility index (Phi) is 3.88. The van der Waals surface area contributed by atoms with Gasteiger partial charge in [0, 0.05) is 11.3 Å². The summed E-state index contributed by atoms with van der Waals surface area (Å²) in [6.45, 7) is 2.78. The molecule has 0 fully saturated rings. The Hall–Kier alpha value is -3.42. The van der Waals surface area contributed by atoms with Crippen molar-refractivity contribution in [2.45, 2.75) is 20.3 Å². The summed E-state index contributed by atoms with van der Waals surface area (Å²) in [5.41, 5.74) is 6.86. The summed E-state index contributed by atoms with van der Waals surface area (Å²) in [5.74, 6) is -1.93. The number of nitrogens with two attached hydrogens (primary N) is 1. The van der Waals surface area contributed by atoms with Crippen LogP contribution in [0.4, 0.5) is 11.6 Å². The third kappa shape index (κ3) is 2.89. The highest BCUT2D eigenvalue weighted by Gasteiger charge is 2.27. The van der Waals surface area contributed by atoms with Gasteiger partial charge in [-0.05, 0) is 37.6 Å². The monoisotopic (exact) mass is 341 g/mol. The number of amides is 3. The second-order valence-corrected chi connectivity index (χ2v) is 5.71. The predicted molar refractivity (Wildman–Crippen MR) is 88.7 cm³/mol. The van der Waals surface area contributed by atoms with Crippen molar-refractivity contribution in [2.75, 3.05) is 10.6 Å². The first kappa shape index (κ1) is 16.4. The van der Waals surface area contributed by atoms with E-state index in [0.29, 0.717) is 11.3 Å². The highest BCUT2D eigenvalue weighted by atomic mass is 16.4. The summed E-state index contributed by atoms with van der Waals surface area (Å²) in [6.07, 6.45) is 0.192. The van der Waals surface area contributed by atoms with Crippen LogP contribution in [0.2, 0.25) is 0 Å². The number of Topliss-reactive ketones (excluding diaryl/α,β-unsaturated/α-hetero) is 1. The Morgan fingerprint density at radius 1 is 1.24 bits per heavy atom. The fourth-order valence-corrected chi connectivity index (χ4v) is 2.84. The molecule has 4 N–H and O–H groups in total. The van der Waals surface area contributed by atoms with Crippen LogP contribution >= 0.6 is 0 Å². The minimum Gasteiger partial charge on any atom is -0.444 e. The first-order valence-corrected chi connectivity index (χ1v) is 7.46. The van der Waals surface area contributed by atoms with Gasteiger partial charge in [-0.1, -0.05) is 0 Å². The highest BCUT2D eigenvalue weighted by Crippen LogP contribution is 2.28. The third-order valence-corrected chi connectivity index (χ3v) is 3.90. The van der Waals surface area contributed by atoms with Crippen molar-refractivity contribution in [3.05, 3.63) is 46.2 Å². The normalized spacial score (nSPS) is 12.5. The standard InChI is InChI=1S/C17H15N3O5/c1-7(21)13-8(2)25-17(14(13)15(18)23)20-16(24)9-3-4-11-10(5-9)6-12(22)19-11/h3-5H,6H2,1-2H3,(H2,18,23)(H,19,22)(H,20,24). The number of aryl methyl sites for hydroxylation is 1. The zero-order valence-electron chi connectivity index (χ0n) is 13.6. The zero-order valence-corrected chi connectivity index (χ0v) is 13.6. The molecular formula is C17H15N3O5. The number of ketones is 1. The smallest absolute Gasteiger partial charge is 0.258 e. The lowest BCUT2D eigenvalue weighted by atomic mass is 10.1. The second kappa shape index (κ2) is 5.90. The van der Waals surface area contributed by atoms with Crippen LogP contribution in [0, 0.1) is 6.92 Å². The van der Waals surface area contributed by atoms with Crippen LogP contribution in [-0.4, -0.2) is 23.5 Å². The van der Waals surface area contributed by atoms with E-state index in [0.717, 1.165) is 0 Å².